The van der Waals surface area contributed by atoms with Crippen molar-refractivity contribution in [1.29, 1.82) is 0 Å². The molecule has 1 aromatic carbocycles. The summed E-state index contributed by atoms with van der Waals surface area (Å²) in [6, 6.07) is 6.82. The molecule has 1 rings (SSSR count). The Kier molecular flexibility index (Phi) is 15.2. The summed E-state index contributed by atoms with van der Waals surface area (Å²) >= 11 is 0. The summed E-state index contributed by atoms with van der Waals surface area (Å²) in [5.74, 6) is 0.638. The smallest absolute Gasteiger partial charge is 0.266 e. The SMILES string of the molecule is CCCCCCCCCCCCCC[C@@H](C)CCCOS(=O)(=O)c1ccc(C)cc1. The Hall–Kier alpha value is -0.870. The number of unbranched alkanes of at least 4 members (excludes halogenated alkanes) is 11. The lowest BCUT2D eigenvalue weighted by atomic mass is 9.97. The molecule has 0 aliphatic carbocycles. The first-order valence-corrected chi connectivity index (χ1v) is 13.8. The van der Waals surface area contributed by atoms with Crippen molar-refractivity contribution < 1.29 is 12.6 Å². The summed E-state index contributed by atoms with van der Waals surface area (Å²) in [5, 5.41) is 0. The summed E-state index contributed by atoms with van der Waals surface area (Å²) in [5.41, 5.74) is 1.04. The number of aryl methyl sites for hydroxylation is 1. The third kappa shape index (κ3) is 13.4. The molecule has 0 fully saturated rings. The highest BCUT2D eigenvalue weighted by atomic mass is 32.2. The molecule has 30 heavy (non-hydrogen) atoms. The van der Waals surface area contributed by atoms with Crippen molar-refractivity contribution in [3.05, 3.63) is 29.8 Å². The van der Waals surface area contributed by atoms with E-state index in [-0.39, 0.29) is 11.5 Å². The molecule has 0 N–H and O–H groups in total. The first-order chi connectivity index (χ1) is 14.5. The van der Waals surface area contributed by atoms with Crippen molar-refractivity contribution in [3.63, 3.8) is 0 Å². The van der Waals surface area contributed by atoms with Crippen molar-refractivity contribution >= 4 is 10.1 Å². The molecular formula is C26H46O3S. The molecule has 0 saturated carbocycles. The fourth-order valence-electron chi connectivity index (χ4n) is 3.85. The van der Waals surface area contributed by atoms with Gasteiger partial charge in [0.05, 0.1) is 11.5 Å². The van der Waals surface area contributed by atoms with Gasteiger partial charge in [0.2, 0.25) is 0 Å². The number of rotatable bonds is 19. The lowest BCUT2D eigenvalue weighted by Gasteiger charge is -2.11. The van der Waals surface area contributed by atoms with E-state index in [4.69, 9.17) is 4.18 Å². The summed E-state index contributed by atoms with van der Waals surface area (Å²) in [6.07, 6.45) is 19.7. The molecule has 0 heterocycles. The molecule has 1 atom stereocenters. The van der Waals surface area contributed by atoms with Crippen LogP contribution in [-0.2, 0) is 14.3 Å². The zero-order valence-corrected chi connectivity index (χ0v) is 20.6. The predicted molar refractivity (Wildman–Crippen MR) is 128 cm³/mol. The molecule has 0 unspecified atom stereocenters. The first-order valence-electron chi connectivity index (χ1n) is 12.4. The molecular weight excluding hydrogens is 392 g/mol. The number of benzene rings is 1. The third-order valence-corrected chi connectivity index (χ3v) is 7.27. The average molecular weight is 439 g/mol. The Morgan fingerprint density at radius 1 is 0.733 bits per heavy atom. The second-order valence-corrected chi connectivity index (χ2v) is 10.6. The van der Waals surface area contributed by atoms with Crippen LogP contribution in [0.2, 0.25) is 0 Å². The average Bonchev–Trinajstić information content (AvgIpc) is 2.72. The van der Waals surface area contributed by atoms with E-state index >= 15 is 0 Å². The minimum atomic E-state index is -3.62. The lowest BCUT2D eigenvalue weighted by molar-refractivity contribution is 0.293. The van der Waals surface area contributed by atoms with Crippen molar-refractivity contribution in [2.75, 3.05) is 6.61 Å². The standard InChI is InChI=1S/C26H46O3S/c1-4-5-6-7-8-9-10-11-12-13-14-15-17-24(2)18-16-23-29-30(27,28)26-21-19-25(3)20-22-26/h19-22,24H,4-18,23H2,1-3H3/t24-/m1/s1. The van der Waals surface area contributed by atoms with Crippen molar-refractivity contribution in [1.82, 2.24) is 0 Å². The maximum atomic E-state index is 12.2. The molecule has 0 aromatic heterocycles. The van der Waals surface area contributed by atoms with Crippen molar-refractivity contribution in [3.8, 4) is 0 Å². The molecule has 174 valence electrons. The van der Waals surface area contributed by atoms with Gasteiger partial charge in [0, 0.05) is 0 Å². The molecule has 0 bridgehead atoms. The Morgan fingerprint density at radius 2 is 1.20 bits per heavy atom. The van der Waals surface area contributed by atoms with Gasteiger partial charge in [0.25, 0.3) is 10.1 Å². The summed E-state index contributed by atoms with van der Waals surface area (Å²) in [7, 11) is -3.62. The van der Waals surface area contributed by atoms with Crippen LogP contribution in [0.15, 0.2) is 29.2 Å². The van der Waals surface area contributed by atoms with E-state index in [1.54, 1.807) is 24.3 Å². The van der Waals surface area contributed by atoms with Gasteiger partial charge >= 0.3 is 0 Å². The van der Waals surface area contributed by atoms with Crippen LogP contribution in [-0.4, -0.2) is 15.0 Å². The molecule has 0 spiro atoms. The maximum Gasteiger partial charge on any atom is 0.296 e. The van der Waals surface area contributed by atoms with Gasteiger partial charge in [-0.05, 0) is 37.8 Å². The molecule has 3 nitrogen and oxygen atoms in total. The van der Waals surface area contributed by atoms with Gasteiger partial charge in [-0.15, -0.1) is 0 Å². The van der Waals surface area contributed by atoms with E-state index < -0.39 is 10.1 Å². The van der Waals surface area contributed by atoms with Gasteiger partial charge in [-0.2, -0.15) is 8.42 Å². The fraction of sp³-hybridized carbons (Fsp3) is 0.769. The topological polar surface area (TPSA) is 43.4 Å². The summed E-state index contributed by atoms with van der Waals surface area (Å²) < 4.78 is 29.5. The van der Waals surface area contributed by atoms with Gasteiger partial charge in [0.15, 0.2) is 0 Å². The largest absolute Gasteiger partial charge is 0.296 e. The van der Waals surface area contributed by atoms with E-state index in [9.17, 15) is 8.42 Å². The molecule has 0 radical (unpaired) electrons. The van der Waals surface area contributed by atoms with E-state index in [0.717, 1.165) is 18.4 Å². The zero-order chi connectivity index (χ0) is 22.1. The number of hydrogen-bond donors (Lipinski definition) is 0. The predicted octanol–water partition coefficient (Wildman–Crippen LogP) is 8.21. The second-order valence-electron chi connectivity index (χ2n) is 9.01. The minimum Gasteiger partial charge on any atom is -0.266 e. The summed E-state index contributed by atoms with van der Waals surface area (Å²) in [6.45, 7) is 6.76. The van der Waals surface area contributed by atoms with Crippen LogP contribution in [0.3, 0.4) is 0 Å². The molecule has 1 aromatic rings. The normalized spacial score (nSPS) is 12.9. The molecule has 0 saturated heterocycles. The van der Waals surface area contributed by atoms with Gasteiger partial charge in [-0.25, -0.2) is 0 Å². The summed E-state index contributed by atoms with van der Waals surface area (Å²) in [4.78, 5) is 0.248. The van der Waals surface area contributed by atoms with Crippen molar-refractivity contribution in [2.24, 2.45) is 5.92 Å². The molecule has 0 aliphatic heterocycles. The Bertz CT molecular complexity index is 622. The lowest BCUT2D eigenvalue weighted by Crippen LogP contribution is -2.08. The molecule has 4 heteroatoms. The molecule has 0 aliphatic rings. The highest BCUT2D eigenvalue weighted by molar-refractivity contribution is 7.86. The maximum absolute atomic E-state index is 12.2. The van der Waals surface area contributed by atoms with Crippen LogP contribution in [0.1, 0.15) is 116 Å². The Labute approximate surface area is 187 Å². The van der Waals surface area contributed by atoms with E-state index in [0.29, 0.717) is 5.92 Å². The van der Waals surface area contributed by atoms with Gasteiger partial charge in [0.1, 0.15) is 0 Å². The monoisotopic (exact) mass is 438 g/mol. The number of hydrogen-bond acceptors (Lipinski definition) is 3. The van der Waals surface area contributed by atoms with Crippen molar-refractivity contribution in [2.45, 2.75) is 122 Å². The van der Waals surface area contributed by atoms with Crippen LogP contribution < -0.4 is 0 Å². The van der Waals surface area contributed by atoms with Gasteiger partial charge in [-0.1, -0.05) is 115 Å². The minimum absolute atomic E-state index is 0.248. The van der Waals surface area contributed by atoms with Crippen LogP contribution in [0.4, 0.5) is 0 Å². The van der Waals surface area contributed by atoms with Crippen LogP contribution in [0, 0.1) is 12.8 Å². The molecule has 0 amide bonds. The zero-order valence-electron chi connectivity index (χ0n) is 19.8. The third-order valence-electron chi connectivity index (χ3n) is 5.94. The fourth-order valence-corrected chi connectivity index (χ4v) is 4.79. The Morgan fingerprint density at radius 3 is 1.73 bits per heavy atom. The van der Waals surface area contributed by atoms with Gasteiger partial charge < -0.3 is 0 Å². The van der Waals surface area contributed by atoms with E-state index in [2.05, 4.69) is 13.8 Å². The Balaban J connectivity index is 1.95. The second kappa shape index (κ2) is 16.8. The van der Waals surface area contributed by atoms with Crippen LogP contribution in [0.25, 0.3) is 0 Å². The van der Waals surface area contributed by atoms with Crippen LogP contribution in [0.5, 0.6) is 0 Å². The highest BCUT2D eigenvalue weighted by Crippen LogP contribution is 2.18. The van der Waals surface area contributed by atoms with E-state index in [1.165, 1.54) is 83.5 Å². The first kappa shape index (κ1) is 27.2. The van der Waals surface area contributed by atoms with E-state index in [1.807, 2.05) is 6.92 Å². The highest BCUT2D eigenvalue weighted by Gasteiger charge is 2.14. The van der Waals surface area contributed by atoms with Crippen LogP contribution >= 0.6 is 0 Å². The quantitative estimate of drug-likeness (QED) is 0.161. The van der Waals surface area contributed by atoms with Gasteiger partial charge in [-0.3, -0.25) is 4.18 Å².